The molecule has 13 heavy (non-hydrogen) atoms. The van der Waals surface area contributed by atoms with Crippen molar-refractivity contribution in [3.63, 3.8) is 0 Å². The Labute approximate surface area is 74.4 Å². The zero-order valence-electron chi connectivity index (χ0n) is 6.77. The Morgan fingerprint density at radius 3 is 2.92 bits per heavy atom. The molecular weight excluding hydrogens is 166 g/mol. The SMILES string of the molecule is NC(=O)c1cccc2nnccc12. The highest BCUT2D eigenvalue weighted by molar-refractivity contribution is 6.05. The van der Waals surface area contributed by atoms with Crippen molar-refractivity contribution in [3.8, 4) is 0 Å². The number of aromatic nitrogens is 2. The van der Waals surface area contributed by atoms with Gasteiger partial charge in [-0.2, -0.15) is 10.2 Å². The van der Waals surface area contributed by atoms with Crippen LogP contribution < -0.4 is 5.73 Å². The maximum atomic E-state index is 11.0. The molecule has 0 aliphatic heterocycles. The molecule has 0 aliphatic carbocycles. The first kappa shape index (κ1) is 7.67. The van der Waals surface area contributed by atoms with Crippen molar-refractivity contribution in [2.24, 2.45) is 5.73 Å². The highest BCUT2D eigenvalue weighted by atomic mass is 16.1. The second-order valence-electron chi connectivity index (χ2n) is 2.63. The fraction of sp³-hybridized carbons (Fsp3) is 0. The Morgan fingerprint density at radius 2 is 2.15 bits per heavy atom. The third-order valence-corrected chi connectivity index (χ3v) is 1.82. The highest BCUT2D eigenvalue weighted by Gasteiger charge is 2.05. The number of nitrogens with two attached hydrogens (primary N) is 1. The lowest BCUT2D eigenvalue weighted by molar-refractivity contribution is 0.100. The molecule has 0 unspecified atom stereocenters. The summed E-state index contributed by atoms with van der Waals surface area (Å²) in [5, 5.41) is 8.32. The van der Waals surface area contributed by atoms with E-state index in [9.17, 15) is 4.79 Å². The molecule has 2 rings (SSSR count). The number of nitrogens with zero attached hydrogens (tertiary/aromatic N) is 2. The third kappa shape index (κ3) is 1.22. The average molecular weight is 173 g/mol. The molecule has 4 heteroatoms. The van der Waals surface area contributed by atoms with E-state index < -0.39 is 5.91 Å². The van der Waals surface area contributed by atoms with E-state index in [-0.39, 0.29) is 0 Å². The minimum absolute atomic E-state index is 0.446. The number of carbonyl (C=O) groups excluding carboxylic acids is 1. The first-order chi connectivity index (χ1) is 6.29. The van der Waals surface area contributed by atoms with Crippen LogP contribution in [0.25, 0.3) is 10.9 Å². The molecule has 4 nitrogen and oxygen atoms in total. The van der Waals surface area contributed by atoms with Gasteiger partial charge in [-0.1, -0.05) is 6.07 Å². The Bertz CT molecular complexity index is 462. The van der Waals surface area contributed by atoms with Gasteiger partial charge in [0.05, 0.1) is 11.7 Å². The van der Waals surface area contributed by atoms with Crippen molar-refractivity contribution in [3.05, 3.63) is 36.0 Å². The van der Waals surface area contributed by atoms with Crippen molar-refractivity contribution in [1.82, 2.24) is 10.2 Å². The second kappa shape index (κ2) is 2.82. The van der Waals surface area contributed by atoms with Crippen LogP contribution in [0.5, 0.6) is 0 Å². The zero-order valence-corrected chi connectivity index (χ0v) is 6.77. The van der Waals surface area contributed by atoms with E-state index in [1.165, 1.54) is 6.20 Å². The summed E-state index contributed by atoms with van der Waals surface area (Å²) in [6, 6.07) is 6.92. The third-order valence-electron chi connectivity index (χ3n) is 1.82. The van der Waals surface area contributed by atoms with Crippen molar-refractivity contribution in [2.45, 2.75) is 0 Å². The summed E-state index contributed by atoms with van der Waals surface area (Å²) in [7, 11) is 0. The molecule has 0 radical (unpaired) electrons. The fourth-order valence-corrected chi connectivity index (χ4v) is 1.23. The number of carbonyl (C=O) groups is 1. The van der Waals surface area contributed by atoms with E-state index in [1.54, 1.807) is 24.3 Å². The molecule has 0 bridgehead atoms. The highest BCUT2D eigenvalue weighted by Crippen LogP contribution is 2.14. The second-order valence-corrected chi connectivity index (χ2v) is 2.63. The maximum Gasteiger partial charge on any atom is 0.249 e. The van der Waals surface area contributed by atoms with Gasteiger partial charge in [-0.25, -0.2) is 0 Å². The van der Waals surface area contributed by atoms with Gasteiger partial charge in [0.2, 0.25) is 5.91 Å². The van der Waals surface area contributed by atoms with Crippen LogP contribution in [0.1, 0.15) is 10.4 Å². The molecule has 2 aromatic rings. The molecule has 1 aromatic heterocycles. The van der Waals surface area contributed by atoms with Crippen LogP contribution in [-0.4, -0.2) is 16.1 Å². The van der Waals surface area contributed by atoms with E-state index in [0.717, 1.165) is 5.39 Å². The van der Waals surface area contributed by atoms with Gasteiger partial charge in [0, 0.05) is 10.9 Å². The van der Waals surface area contributed by atoms with Crippen LogP contribution in [0.15, 0.2) is 30.5 Å². The van der Waals surface area contributed by atoms with Gasteiger partial charge in [-0.15, -0.1) is 0 Å². The van der Waals surface area contributed by atoms with Gasteiger partial charge in [-0.3, -0.25) is 4.79 Å². The van der Waals surface area contributed by atoms with Crippen LogP contribution in [0.4, 0.5) is 0 Å². The molecule has 1 amide bonds. The minimum Gasteiger partial charge on any atom is -0.366 e. The molecule has 1 heterocycles. The number of hydrogen-bond donors (Lipinski definition) is 1. The van der Waals surface area contributed by atoms with Gasteiger partial charge in [0.1, 0.15) is 0 Å². The smallest absolute Gasteiger partial charge is 0.249 e. The summed E-state index contributed by atoms with van der Waals surface area (Å²) in [6.07, 6.45) is 1.54. The summed E-state index contributed by atoms with van der Waals surface area (Å²) in [5.74, 6) is -0.446. The van der Waals surface area contributed by atoms with E-state index in [2.05, 4.69) is 10.2 Å². The molecular formula is C9H7N3O. The van der Waals surface area contributed by atoms with Crippen LogP contribution in [0.2, 0.25) is 0 Å². The maximum absolute atomic E-state index is 11.0. The summed E-state index contributed by atoms with van der Waals surface area (Å²) in [5.41, 5.74) is 6.35. The molecule has 0 aliphatic rings. The van der Waals surface area contributed by atoms with Crippen LogP contribution >= 0.6 is 0 Å². The number of benzene rings is 1. The summed E-state index contributed by atoms with van der Waals surface area (Å²) >= 11 is 0. The number of amides is 1. The normalized spacial score (nSPS) is 10.2. The zero-order chi connectivity index (χ0) is 9.26. The Hall–Kier alpha value is -1.97. The fourth-order valence-electron chi connectivity index (χ4n) is 1.23. The Morgan fingerprint density at radius 1 is 1.31 bits per heavy atom. The molecule has 0 fully saturated rings. The number of rotatable bonds is 1. The van der Waals surface area contributed by atoms with E-state index in [4.69, 9.17) is 5.73 Å². The number of fused-ring (bicyclic) bond motifs is 1. The van der Waals surface area contributed by atoms with Gasteiger partial charge in [0.25, 0.3) is 0 Å². The molecule has 1 aromatic carbocycles. The Balaban J connectivity index is 2.83. The average Bonchev–Trinajstić information content (AvgIpc) is 2.17. The van der Waals surface area contributed by atoms with Gasteiger partial charge in [0.15, 0.2) is 0 Å². The molecule has 0 saturated carbocycles. The monoisotopic (exact) mass is 173 g/mol. The van der Waals surface area contributed by atoms with Crippen molar-refractivity contribution in [1.29, 1.82) is 0 Å². The molecule has 64 valence electrons. The Kier molecular flexibility index (Phi) is 1.66. The molecule has 0 atom stereocenters. The molecule has 0 saturated heterocycles. The number of hydrogen-bond acceptors (Lipinski definition) is 3. The predicted octanol–water partition coefficient (Wildman–Crippen LogP) is 0.729. The molecule has 0 spiro atoms. The predicted molar refractivity (Wildman–Crippen MR) is 48.1 cm³/mol. The lowest BCUT2D eigenvalue weighted by Crippen LogP contribution is -2.11. The summed E-state index contributed by atoms with van der Waals surface area (Å²) in [4.78, 5) is 11.0. The number of primary amides is 1. The first-order valence-electron chi connectivity index (χ1n) is 3.79. The summed E-state index contributed by atoms with van der Waals surface area (Å²) < 4.78 is 0. The first-order valence-corrected chi connectivity index (χ1v) is 3.79. The summed E-state index contributed by atoms with van der Waals surface area (Å²) in [6.45, 7) is 0. The van der Waals surface area contributed by atoms with Crippen LogP contribution in [-0.2, 0) is 0 Å². The van der Waals surface area contributed by atoms with Gasteiger partial charge < -0.3 is 5.73 Å². The quantitative estimate of drug-likeness (QED) is 0.691. The van der Waals surface area contributed by atoms with Crippen LogP contribution in [0, 0.1) is 0 Å². The largest absolute Gasteiger partial charge is 0.366 e. The van der Waals surface area contributed by atoms with Crippen molar-refractivity contribution >= 4 is 16.8 Å². The standard InChI is InChI=1S/C9H7N3O/c10-9(13)7-2-1-3-8-6(7)4-5-11-12-8/h1-5H,(H2,10,13). The lowest BCUT2D eigenvalue weighted by atomic mass is 10.1. The van der Waals surface area contributed by atoms with E-state index in [1.807, 2.05) is 0 Å². The topological polar surface area (TPSA) is 68.9 Å². The van der Waals surface area contributed by atoms with Crippen LogP contribution in [0.3, 0.4) is 0 Å². The van der Waals surface area contributed by atoms with Crippen molar-refractivity contribution in [2.75, 3.05) is 0 Å². The molecule has 2 N–H and O–H groups in total. The lowest BCUT2D eigenvalue weighted by Gasteiger charge is -1.99. The van der Waals surface area contributed by atoms with E-state index >= 15 is 0 Å². The van der Waals surface area contributed by atoms with E-state index in [0.29, 0.717) is 11.1 Å². The van der Waals surface area contributed by atoms with Crippen molar-refractivity contribution < 1.29 is 4.79 Å². The van der Waals surface area contributed by atoms with Gasteiger partial charge in [-0.05, 0) is 18.2 Å². The van der Waals surface area contributed by atoms with Gasteiger partial charge >= 0.3 is 0 Å². The minimum atomic E-state index is -0.446.